The van der Waals surface area contributed by atoms with E-state index < -0.39 is 30.4 Å². The fourth-order valence-electron chi connectivity index (χ4n) is 3.86. The van der Waals surface area contributed by atoms with Gasteiger partial charge in [0.15, 0.2) is 12.4 Å². The van der Waals surface area contributed by atoms with Crippen molar-refractivity contribution in [3.63, 3.8) is 0 Å². The Morgan fingerprint density at radius 3 is 2.74 bits per heavy atom. The van der Waals surface area contributed by atoms with Crippen molar-refractivity contribution in [1.82, 2.24) is 9.88 Å². The van der Waals surface area contributed by atoms with Crippen molar-refractivity contribution in [2.75, 3.05) is 13.2 Å². The molecule has 0 aliphatic carbocycles. The molecule has 0 unspecified atom stereocenters. The number of ether oxygens (including phenoxy) is 1. The number of nitrogens with zero attached hydrogens (tertiary/aromatic N) is 2. The summed E-state index contributed by atoms with van der Waals surface area (Å²) in [6, 6.07) is 11.7. The molecule has 8 heteroatoms. The number of pyridine rings is 1. The summed E-state index contributed by atoms with van der Waals surface area (Å²) >= 11 is 0. The zero-order chi connectivity index (χ0) is 22.0. The Hall–Kier alpha value is -3.68. The van der Waals surface area contributed by atoms with E-state index in [0.717, 1.165) is 18.6 Å². The third kappa shape index (κ3) is 4.28. The summed E-state index contributed by atoms with van der Waals surface area (Å²) in [7, 11) is 0. The number of carbonyl (C=O) groups excluding carboxylic acids is 3. The number of para-hydroxylation sites is 1. The average molecular weight is 421 g/mol. The van der Waals surface area contributed by atoms with Crippen molar-refractivity contribution in [3.05, 3.63) is 53.8 Å². The van der Waals surface area contributed by atoms with Gasteiger partial charge in [-0.3, -0.25) is 9.59 Å². The van der Waals surface area contributed by atoms with Gasteiger partial charge >= 0.3 is 5.97 Å². The zero-order valence-electron chi connectivity index (χ0n) is 17.2. The second kappa shape index (κ2) is 8.59. The number of primary amides is 1. The van der Waals surface area contributed by atoms with Gasteiger partial charge in [0, 0.05) is 11.9 Å². The number of likely N-dealkylation sites (tertiary alicyclic amines) is 1. The number of hydrogen-bond donors (Lipinski definition) is 1. The van der Waals surface area contributed by atoms with Gasteiger partial charge in [-0.1, -0.05) is 18.2 Å². The number of rotatable bonds is 5. The number of fused-ring (bicyclic) bond motifs is 1. The second-order valence-electron chi connectivity index (χ2n) is 7.56. The van der Waals surface area contributed by atoms with E-state index in [1.807, 2.05) is 19.1 Å². The lowest BCUT2D eigenvalue weighted by Crippen LogP contribution is -2.51. The minimum atomic E-state index is -0.657. The molecule has 3 aromatic rings. The minimum Gasteiger partial charge on any atom is -0.460 e. The third-order valence-corrected chi connectivity index (χ3v) is 5.41. The van der Waals surface area contributed by atoms with E-state index in [0.29, 0.717) is 35.3 Å². The molecule has 3 heterocycles. The maximum Gasteiger partial charge on any atom is 0.339 e. The summed E-state index contributed by atoms with van der Waals surface area (Å²) in [6.45, 7) is 1.78. The first-order chi connectivity index (χ1) is 14.9. The summed E-state index contributed by atoms with van der Waals surface area (Å²) in [5.41, 5.74) is 6.81. The summed E-state index contributed by atoms with van der Waals surface area (Å²) < 4.78 is 11.0. The highest BCUT2D eigenvalue weighted by Gasteiger charge is 2.31. The fourth-order valence-corrected chi connectivity index (χ4v) is 3.86. The molecule has 8 nitrogen and oxygen atoms in total. The molecule has 1 saturated heterocycles. The van der Waals surface area contributed by atoms with E-state index in [-0.39, 0.29) is 5.56 Å². The molecule has 4 rings (SSSR count). The van der Waals surface area contributed by atoms with Crippen molar-refractivity contribution in [3.8, 4) is 11.5 Å². The smallest absolute Gasteiger partial charge is 0.339 e. The molecule has 0 bridgehead atoms. The van der Waals surface area contributed by atoms with Crippen LogP contribution in [0.15, 0.2) is 46.9 Å². The predicted octanol–water partition coefficient (Wildman–Crippen LogP) is 2.83. The highest BCUT2D eigenvalue weighted by molar-refractivity contribution is 6.05. The van der Waals surface area contributed by atoms with Crippen molar-refractivity contribution in [1.29, 1.82) is 0 Å². The number of hydrogen-bond acceptors (Lipinski definition) is 6. The molecule has 1 aliphatic rings. The van der Waals surface area contributed by atoms with Crippen molar-refractivity contribution < 1.29 is 23.5 Å². The highest BCUT2D eigenvalue weighted by atomic mass is 16.5. The zero-order valence-corrected chi connectivity index (χ0v) is 17.2. The van der Waals surface area contributed by atoms with Crippen LogP contribution in [0.25, 0.3) is 22.4 Å². The Morgan fingerprint density at radius 2 is 2.00 bits per heavy atom. The van der Waals surface area contributed by atoms with Gasteiger partial charge in [0.1, 0.15) is 17.5 Å². The predicted molar refractivity (Wildman–Crippen MR) is 113 cm³/mol. The van der Waals surface area contributed by atoms with E-state index in [9.17, 15) is 14.4 Å². The van der Waals surface area contributed by atoms with Crippen LogP contribution in [-0.4, -0.2) is 46.9 Å². The van der Waals surface area contributed by atoms with Crippen LogP contribution in [0.3, 0.4) is 0 Å². The third-order valence-electron chi connectivity index (χ3n) is 5.41. The standard InChI is InChI=1S/C23H23N3O5/c1-14-9-10-20(31-14)18-12-16(15-6-2-3-7-17(15)25-18)23(29)30-13-21(27)26-11-5-4-8-19(26)22(24)28/h2-3,6-7,9-10,12,19H,4-5,8,11,13H2,1H3,(H2,24,28)/t19-/m1/s1. The molecule has 2 aromatic heterocycles. The summed E-state index contributed by atoms with van der Waals surface area (Å²) in [6.07, 6.45) is 2.13. The van der Waals surface area contributed by atoms with Crippen LogP contribution in [0.4, 0.5) is 0 Å². The van der Waals surface area contributed by atoms with Gasteiger partial charge in [-0.2, -0.15) is 0 Å². The number of carbonyl (C=O) groups is 3. The van der Waals surface area contributed by atoms with Gasteiger partial charge in [0.05, 0.1) is 11.1 Å². The largest absolute Gasteiger partial charge is 0.460 e. The van der Waals surface area contributed by atoms with E-state index in [2.05, 4.69) is 4.98 Å². The van der Waals surface area contributed by atoms with E-state index in [1.165, 1.54) is 4.90 Å². The van der Waals surface area contributed by atoms with E-state index in [1.54, 1.807) is 30.3 Å². The van der Waals surface area contributed by atoms with Crippen LogP contribution in [0.5, 0.6) is 0 Å². The lowest BCUT2D eigenvalue weighted by atomic mass is 10.0. The lowest BCUT2D eigenvalue weighted by Gasteiger charge is -2.33. The normalized spacial score (nSPS) is 16.3. The molecule has 2 N–H and O–H groups in total. The number of nitrogens with two attached hydrogens (primary N) is 1. The van der Waals surface area contributed by atoms with Gasteiger partial charge in [0.25, 0.3) is 5.91 Å². The topological polar surface area (TPSA) is 116 Å². The van der Waals surface area contributed by atoms with E-state index in [4.69, 9.17) is 14.9 Å². The van der Waals surface area contributed by atoms with Crippen LogP contribution >= 0.6 is 0 Å². The number of esters is 1. The van der Waals surface area contributed by atoms with Gasteiger partial charge in [-0.25, -0.2) is 9.78 Å². The SMILES string of the molecule is Cc1ccc(-c2cc(C(=O)OCC(=O)N3CCCC[C@@H]3C(N)=O)c3ccccc3n2)o1. The number of aromatic nitrogens is 1. The number of aryl methyl sites for hydroxylation is 1. The number of amides is 2. The molecule has 0 saturated carbocycles. The highest BCUT2D eigenvalue weighted by Crippen LogP contribution is 2.27. The van der Waals surface area contributed by atoms with Crippen LogP contribution < -0.4 is 5.73 Å². The van der Waals surface area contributed by atoms with Crippen molar-refractivity contribution in [2.45, 2.75) is 32.2 Å². The molecule has 1 fully saturated rings. The van der Waals surface area contributed by atoms with Crippen LogP contribution in [0.2, 0.25) is 0 Å². The average Bonchev–Trinajstić information content (AvgIpc) is 3.22. The van der Waals surface area contributed by atoms with Crippen molar-refractivity contribution in [2.24, 2.45) is 5.73 Å². The monoisotopic (exact) mass is 421 g/mol. The fraction of sp³-hybridized carbons (Fsp3) is 0.304. The maximum absolute atomic E-state index is 12.9. The first-order valence-corrected chi connectivity index (χ1v) is 10.2. The van der Waals surface area contributed by atoms with Gasteiger partial charge < -0.3 is 19.8 Å². The van der Waals surface area contributed by atoms with Crippen LogP contribution in [-0.2, 0) is 14.3 Å². The van der Waals surface area contributed by atoms with E-state index >= 15 is 0 Å². The quantitative estimate of drug-likeness (QED) is 0.634. The first kappa shape index (κ1) is 20.6. The Kier molecular flexibility index (Phi) is 5.70. The molecule has 0 radical (unpaired) electrons. The molecular weight excluding hydrogens is 398 g/mol. The first-order valence-electron chi connectivity index (χ1n) is 10.2. The Labute approximate surface area is 179 Å². The summed E-state index contributed by atoms with van der Waals surface area (Å²) in [5.74, 6) is -0.365. The van der Waals surface area contributed by atoms with Gasteiger partial charge in [-0.15, -0.1) is 0 Å². The minimum absolute atomic E-state index is 0.285. The molecule has 1 aliphatic heterocycles. The van der Waals surface area contributed by atoms with Gasteiger partial charge in [0.2, 0.25) is 5.91 Å². The molecule has 1 aromatic carbocycles. The number of piperidine rings is 1. The van der Waals surface area contributed by atoms with Crippen molar-refractivity contribution >= 4 is 28.7 Å². The number of furan rings is 1. The Bertz CT molecular complexity index is 1150. The molecule has 2 amide bonds. The molecule has 1 atom stereocenters. The second-order valence-corrected chi connectivity index (χ2v) is 7.56. The van der Waals surface area contributed by atoms with Crippen LogP contribution in [0.1, 0.15) is 35.4 Å². The Morgan fingerprint density at radius 1 is 1.19 bits per heavy atom. The molecular formula is C23H23N3O5. The molecule has 160 valence electrons. The summed E-state index contributed by atoms with van der Waals surface area (Å²) in [5, 5.41) is 0.611. The molecule has 31 heavy (non-hydrogen) atoms. The lowest BCUT2D eigenvalue weighted by molar-refractivity contribution is -0.143. The Balaban J connectivity index is 1.57. The summed E-state index contributed by atoms with van der Waals surface area (Å²) in [4.78, 5) is 43.2. The van der Waals surface area contributed by atoms with Gasteiger partial charge in [-0.05, 0) is 50.5 Å². The maximum atomic E-state index is 12.9. The molecule has 0 spiro atoms. The van der Waals surface area contributed by atoms with Crippen LogP contribution in [0, 0.1) is 6.92 Å². The number of benzene rings is 1.